The van der Waals surface area contributed by atoms with Crippen molar-refractivity contribution >= 4 is 16.1 Å². The molecule has 25 heavy (non-hydrogen) atoms. The van der Waals surface area contributed by atoms with Crippen molar-refractivity contribution in [2.45, 2.75) is 56.1 Å². The highest BCUT2D eigenvalue weighted by Gasteiger charge is 2.66. The normalized spacial score (nSPS) is 35.0. The van der Waals surface area contributed by atoms with Crippen LogP contribution in [-0.2, 0) is 19.6 Å². The van der Waals surface area contributed by atoms with Crippen molar-refractivity contribution in [1.82, 2.24) is 0 Å². The van der Waals surface area contributed by atoms with Gasteiger partial charge in [0, 0.05) is 5.41 Å². The van der Waals surface area contributed by atoms with E-state index in [0.29, 0.717) is 17.8 Å². The van der Waals surface area contributed by atoms with Gasteiger partial charge in [-0.15, -0.1) is 0 Å². The van der Waals surface area contributed by atoms with Gasteiger partial charge < -0.3 is 4.74 Å². The maximum absolute atomic E-state index is 13.4. The Morgan fingerprint density at radius 1 is 1.04 bits per heavy atom. The highest BCUT2D eigenvalue weighted by molar-refractivity contribution is 7.87. The third-order valence-corrected chi connectivity index (χ3v) is 6.77. The molecule has 5 nitrogen and oxygen atoms in total. The molecule has 0 spiro atoms. The molecule has 0 aliphatic heterocycles. The predicted molar refractivity (Wildman–Crippen MR) is 77.6 cm³/mol. The number of ether oxygens (including phenoxy) is 1. The fourth-order valence-electron chi connectivity index (χ4n) is 5.22. The van der Waals surface area contributed by atoms with E-state index in [2.05, 4.69) is 0 Å². The molecule has 4 saturated carbocycles. The Labute approximate surface area is 142 Å². The van der Waals surface area contributed by atoms with Crippen molar-refractivity contribution < 1.29 is 40.1 Å². The smallest absolute Gasteiger partial charge is 0.432 e. The van der Waals surface area contributed by atoms with Crippen molar-refractivity contribution in [2.24, 2.45) is 23.2 Å². The van der Waals surface area contributed by atoms with Gasteiger partial charge >= 0.3 is 27.3 Å². The summed E-state index contributed by atoms with van der Waals surface area (Å²) in [4.78, 5) is 11.6. The highest BCUT2D eigenvalue weighted by Crippen LogP contribution is 2.60. The molecule has 4 bridgehead atoms. The lowest BCUT2D eigenvalue weighted by Crippen LogP contribution is -2.50. The van der Waals surface area contributed by atoms with Crippen LogP contribution in [0.25, 0.3) is 0 Å². The number of esters is 1. The summed E-state index contributed by atoms with van der Waals surface area (Å²) in [6.45, 7) is -0.108. The Kier molecular flexibility index (Phi) is 4.38. The van der Waals surface area contributed by atoms with Crippen molar-refractivity contribution in [3.8, 4) is 0 Å². The van der Waals surface area contributed by atoms with Crippen LogP contribution in [0.15, 0.2) is 0 Å². The maximum atomic E-state index is 13.4. The van der Waals surface area contributed by atoms with E-state index in [1.807, 2.05) is 0 Å². The third kappa shape index (κ3) is 3.39. The van der Waals surface area contributed by atoms with Crippen LogP contribution in [0.2, 0.25) is 0 Å². The van der Waals surface area contributed by atoms with Crippen molar-refractivity contribution in [2.75, 3.05) is 6.61 Å². The van der Waals surface area contributed by atoms with Gasteiger partial charge in [0.1, 0.15) is 6.42 Å². The molecule has 0 amide bonds. The first kappa shape index (κ1) is 18.9. The van der Waals surface area contributed by atoms with Crippen molar-refractivity contribution in [3.63, 3.8) is 0 Å². The van der Waals surface area contributed by atoms with Gasteiger partial charge in [0.2, 0.25) is 0 Å². The Morgan fingerprint density at radius 2 is 1.48 bits per heavy atom. The number of hydrogen-bond acceptors (Lipinski definition) is 4. The molecule has 0 aromatic carbocycles. The summed E-state index contributed by atoms with van der Waals surface area (Å²) in [7, 11) is -6.35. The summed E-state index contributed by atoms with van der Waals surface area (Å²) in [5.41, 5.74) is -0.273. The minimum Gasteiger partial charge on any atom is -0.465 e. The van der Waals surface area contributed by atoms with Crippen molar-refractivity contribution in [3.05, 3.63) is 0 Å². The van der Waals surface area contributed by atoms with E-state index < -0.39 is 33.7 Å². The molecule has 144 valence electrons. The Balaban J connectivity index is 1.60. The standard InChI is InChI=1S/C15H20F4O5S/c16-14(17,15(18,19)25(21,22)23)7-12(20)24-8-13-4-9-1-10(5-13)3-11(2-9)6-13/h9-11H,1-8H2,(H,21,22,23). The lowest BCUT2D eigenvalue weighted by Gasteiger charge is -2.56. The lowest BCUT2D eigenvalue weighted by molar-refractivity contribution is -0.187. The van der Waals surface area contributed by atoms with Crippen LogP contribution in [0.1, 0.15) is 44.9 Å². The number of carbonyl (C=O) groups excluding carboxylic acids is 1. The van der Waals surface area contributed by atoms with Gasteiger partial charge in [-0.25, -0.2) is 0 Å². The summed E-state index contributed by atoms with van der Waals surface area (Å²) in [5, 5.41) is -5.75. The Bertz CT molecular complexity index is 626. The van der Waals surface area contributed by atoms with E-state index in [-0.39, 0.29) is 12.0 Å². The monoisotopic (exact) mass is 388 g/mol. The summed E-state index contributed by atoms with van der Waals surface area (Å²) < 4.78 is 87.1. The fraction of sp³-hybridized carbons (Fsp3) is 0.933. The minimum atomic E-state index is -6.35. The first-order valence-corrected chi connectivity index (χ1v) is 9.66. The first-order chi connectivity index (χ1) is 11.3. The van der Waals surface area contributed by atoms with Crippen LogP contribution in [0.3, 0.4) is 0 Å². The molecule has 0 heterocycles. The average molecular weight is 388 g/mol. The summed E-state index contributed by atoms with van der Waals surface area (Å²) in [6.07, 6.45) is 3.80. The van der Waals surface area contributed by atoms with E-state index in [0.717, 1.165) is 38.5 Å². The van der Waals surface area contributed by atoms with Crippen LogP contribution >= 0.6 is 0 Å². The predicted octanol–water partition coefficient (Wildman–Crippen LogP) is 3.25. The van der Waals surface area contributed by atoms with E-state index in [1.54, 1.807) is 0 Å². The van der Waals surface area contributed by atoms with Crippen LogP contribution < -0.4 is 0 Å². The number of rotatable bonds is 6. The van der Waals surface area contributed by atoms with E-state index in [4.69, 9.17) is 9.29 Å². The van der Waals surface area contributed by atoms with E-state index >= 15 is 0 Å². The maximum Gasteiger partial charge on any atom is 0.432 e. The molecule has 0 unspecified atom stereocenters. The average Bonchev–Trinajstić information content (AvgIpc) is 2.42. The third-order valence-electron chi connectivity index (χ3n) is 5.82. The summed E-state index contributed by atoms with van der Waals surface area (Å²) in [6, 6.07) is 0. The second-order valence-electron chi connectivity index (χ2n) is 7.95. The Hall–Kier alpha value is -0.900. The number of hydrogen-bond donors (Lipinski definition) is 1. The molecular weight excluding hydrogens is 368 g/mol. The van der Waals surface area contributed by atoms with Crippen LogP contribution in [0, 0.1) is 23.2 Å². The fourth-order valence-corrected chi connectivity index (χ4v) is 5.67. The van der Waals surface area contributed by atoms with E-state index in [1.165, 1.54) is 0 Å². The molecule has 0 aromatic rings. The molecule has 4 aliphatic carbocycles. The second kappa shape index (κ2) is 5.80. The van der Waals surface area contributed by atoms with Gasteiger partial charge in [-0.3, -0.25) is 9.35 Å². The van der Waals surface area contributed by atoms with Gasteiger partial charge in [-0.05, 0) is 56.3 Å². The largest absolute Gasteiger partial charge is 0.465 e. The molecule has 4 aliphatic rings. The van der Waals surface area contributed by atoms with Crippen LogP contribution in [0.5, 0.6) is 0 Å². The van der Waals surface area contributed by atoms with Crippen molar-refractivity contribution in [1.29, 1.82) is 0 Å². The molecule has 0 atom stereocenters. The van der Waals surface area contributed by atoms with Crippen LogP contribution in [0.4, 0.5) is 17.6 Å². The lowest BCUT2D eigenvalue weighted by atomic mass is 9.50. The molecule has 1 N–H and O–H groups in total. The van der Waals surface area contributed by atoms with E-state index in [9.17, 15) is 30.8 Å². The van der Waals surface area contributed by atoms with Gasteiger partial charge in [-0.2, -0.15) is 26.0 Å². The molecule has 4 rings (SSSR count). The second-order valence-corrected chi connectivity index (χ2v) is 9.41. The van der Waals surface area contributed by atoms with Gasteiger partial charge in [-0.1, -0.05) is 0 Å². The zero-order valence-corrected chi connectivity index (χ0v) is 14.2. The Morgan fingerprint density at radius 3 is 1.88 bits per heavy atom. The summed E-state index contributed by atoms with van der Waals surface area (Å²) in [5.74, 6) is -5.23. The highest BCUT2D eigenvalue weighted by atomic mass is 32.2. The van der Waals surface area contributed by atoms with Crippen LogP contribution in [-0.4, -0.2) is 36.7 Å². The zero-order valence-electron chi connectivity index (χ0n) is 13.4. The molecule has 0 saturated heterocycles. The van der Waals surface area contributed by atoms with Gasteiger partial charge in [0.25, 0.3) is 0 Å². The quantitative estimate of drug-likeness (QED) is 0.429. The molecule has 10 heteroatoms. The summed E-state index contributed by atoms with van der Waals surface area (Å²) >= 11 is 0. The number of alkyl halides is 4. The number of halogens is 4. The minimum absolute atomic E-state index is 0.108. The number of carbonyl (C=O) groups is 1. The zero-order chi connectivity index (χ0) is 18.7. The van der Waals surface area contributed by atoms with Gasteiger partial charge in [0.05, 0.1) is 6.61 Å². The molecule has 0 aromatic heterocycles. The molecule has 0 radical (unpaired) electrons. The first-order valence-electron chi connectivity index (χ1n) is 8.22. The van der Waals surface area contributed by atoms with Gasteiger partial charge in [0.15, 0.2) is 0 Å². The molecular formula is C15H20F4O5S. The molecule has 4 fully saturated rings. The topological polar surface area (TPSA) is 80.7 Å². The SMILES string of the molecule is O=C(CC(F)(F)C(F)(F)S(=O)(=O)O)OCC12CC3CC(CC(C3)C1)C2.